The molecule has 0 aromatic carbocycles. The first-order chi connectivity index (χ1) is 7.07. The molecular weight excluding hydrogens is 186 g/mol. The van der Waals surface area contributed by atoms with Crippen molar-refractivity contribution in [1.82, 2.24) is 4.90 Å². The Bertz CT molecular complexity index is 215. The Morgan fingerprint density at radius 1 is 1.47 bits per heavy atom. The Morgan fingerprint density at radius 3 is 2.53 bits per heavy atom. The van der Waals surface area contributed by atoms with Crippen LogP contribution >= 0.6 is 0 Å². The van der Waals surface area contributed by atoms with Crippen molar-refractivity contribution in [3.8, 4) is 0 Å². The maximum Gasteiger partial charge on any atom is 0.108 e. The molecular formula is C12H25N3. The number of amidine groups is 1. The van der Waals surface area contributed by atoms with Crippen LogP contribution in [-0.4, -0.2) is 29.9 Å². The summed E-state index contributed by atoms with van der Waals surface area (Å²) in [5.41, 5.74) is 5.64. The zero-order valence-corrected chi connectivity index (χ0v) is 10.3. The maximum atomic E-state index is 7.60. The van der Waals surface area contributed by atoms with E-state index in [1.807, 2.05) is 0 Å². The first kappa shape index (κ1) is 12.5. The first-order valence-corrected chi connectivity index (χ1v) is 6.13. The molecule has 1 aliphatic rings. The Labute approximate surface area is 93.5 Å². The number of nitrogens with two attached hydrogens (primary N) is 1. The summed E-state index contributed by atoms with van der Waals surface area (Å²) >= 11 is 0. The van der Waals surface area contributed by atoms with Crippen molar-refractivity contribution < 1.29 is 0 Å². The lowest BCUT2D eigenvalue weighted by Gasteiger charge is -2.40. The zero-order valence-electron chi connectivity index (χ0n) is 10.3. The van der Waals surface area contributed by atoms with Gasteiger partial charge in [-0.1, -0.05) is 26.7 Å². The first-order valence-electron chi connectivity index (χ1n) is 6.13. The highest BCUT2D eigenvalue weighted by atomic mass is 15.2. The molecule has 3 N–H and O–H groups in total. The van der Waals surface area contributed by atoms with Gasteiger partial charge in [-0.05, 0) is 32.2 Å². The van der Waals surface area contributed by atoms with E-state index >= 15 is 0 Å². The van der Waals surface area contributed by atoms with E-state index in [-0.39, 0.29) is 6.04 Å². The Morgan fingerprint density at radius 2 is 2.07 bits per heavy atom. The van der Waals surface area contributed by atoms with Crippen LogP contribution in [0.15, 0.2) is 0 Å². The molecule has 0 heterocycles. The lowest BCUT2D eigenvalue weighted by molar-refractivity contribution is 0.119. The molecule has 0 spiro atoms. The standard InChI is InChI=1S/C12H25N3/c1-4-10(12(13)14)15(3)11-8-6-5-7-9(11)2/h9-11H,4-8H2,1-3H3,(H3,13,14). The monoisotopic (exact) mass is 211 g/mol. The van der Waals surface area contributed by atoms with Crippen molar-refractivity contribution in [2.24, 2.45) is 11.7 Å². The van der Waals surface area contributed by atoms with E-state index in [1.165, 1.54) is 25.7 Å². The molecule has 3 atom stereocenters. The summed E-state index contributed by atoms with van der Waals surface area (Å²) < 4.78 is 0. The van der Waals surface area contributed by atoms with Gasteiger partial charge in [0.25, 0.3) is 0 Å². The summed E-state index contributed by atoms with van der Waals surface area (Å²) in [6, 6.07) is 0.753. The molecule has 0 aromatic rings. The van der Waals surface area contributed by atoms with Crippen LogP contribution in [0.4, 0.5) is 0 Å². The van der Waals surface area contributed by atoms with Gasteiger partial charge >= 0.3 is 0 Å². The average molecular weight is 211 g/mol. The predicted octanol–water partition coefficient (Wildman–Crippen LogP) is 2.21. The summed E-state index contributed by atoms with van der Waals surface area (Å²) in [5, 5.41) is 7.60. The predicted molar refractivity (Wildman–Crippen MR) is 65.2 cm³/mol. The van der Waals surface area contributed by atoms with Gasteiger partial charge in [-0.25, -0.2) is 0 Å². The minimum atomic E-state index is 0.135. The van der Waals surface area contributed by atoms with E-state index < -0.39 is 0 Å². The zero-order chi connectivity index (χ0) is 11.4. The second kappa shape index (κ2) is 5.50. The van der Waals surface area contributed by atoms with E-state index in [9.17, 15) is 0 Å². The van der Waals surface area contributed by atoms with Crippen LogP contribution in [0.3, 0.4) is 0 Å². The van der Waals surface area contributed by atoms with Crippen LogP contribution in [0.1, 0.15) is 46.0 Å². The number of hydrogen-bond acceptors (Lipinski definition) is 2. The molecule has 1 rings (SSSR count). The Kier molecular flexibility index (Phi) is 4.58. The highest BCUT2D eigenvalue weighted by molar-refractivity contribution is 5.82. The van der Waals surface area contributed by atoms with Crippen molar-refractivity contribution in [1.29, 1.82) is 5.41 Å². The van der Waals surface area contributed by atoms with Crippen molar-refractivity contribution in [3.05, 3.63) is 0 Å². The number of nitrogens with zero attached hydrogens (tertiary/aromatic N) is 1. The number of likely N-dealkylation sites (N-methyl/N-ethyl adjacent to an activating group) is 1. The Hall–Kier alpha value is -0.570. The minimum Gasteiger partial charge on any atom is -0.386 e. The average Bonchev–Trinajstić information content (AvgIpc) is 2.18. The van der Waals surface area contributed by atoms with Gasteiger partial charge in [0.05, 0.1) is 6.04 Å². The second-order valence-corrected chi connectivity index (χ2v) is 4.87. The quantitative estimate of drug-likeness (QED) is 0.553. The third kappa shape index (κ3) is 2.94. The van der Waals surface area contributed by atoms with Gasteiger partial charge in [-0.15, -0.1) is 0 Å². The van der Waals surface area contributed by atoms with Gasteiger partial charge in [0.1, 0.15) is 5.84 Å². The highest BCUT2D eigenvalue weighted by Gasteiger charge is 2.29. The lowest BCUT2D eigenvalue weighted by atomic mass is 9.84. The van der Waals surface area contributed by atoms with Gasteiger partial charge < -0.3 is 5.73 Å². The molecule has 3 heteroatoms. The number of hydrogen-bond donors (Lipinski definition) is 2. The molecule has 15 heavy (non-hydrogen) atoms. The van der Waals surface area contributed by atoms with Gasteiger partial charge in [0.15, 0.2) is 0 Å². The second-order valence-electron chi connectivity index (χ2n) is 4.87. The van der Waals surface area contributed by atoms with E-state index in [1.54, 1.807) is 0 Å². The fourth-order valence-corrected chi connectivity index (χ4v) is 2.86. The molecule has 0 radical (unpaired) electrons. The topological polar surface area (TPSA) is 53.1 Å². The van der Waals surface area contributed by atoms with E-state index in [0.717, 1.165) is 12.3 Å². The van der Waals surface area contributed by atoms with Crippen molar-refractivity contribution >= 4 is 5.84 Å². The number of rotatable bonds is 4. The van der Waals surface area contributed by atoms with E-state index in [2.05, 4.69) is 25.8 Å². The molecule has 1 fully saturated rings. The lowest BCUT2D eigenvalue weighted by Crippen LogP contribution is -2.50. The van der Waals surface area contributed by atoms with E-state index in [0.29, 0.717) is 11.9 Å². The smallest absolute Gasteiger partial charge is 0.108 e. The molecule has 88 valence electrons. The maximum absolute atomic E-state index is 7.60. The molecule has 1 saturated carbocycles. The molecule has 0 aliphatic heterocycles. The normalized spacial score (nSPS) is 29.1. The van der Waals surface area contributed by atoms with Crippen LogP contribution in [-0.2, 0) is 0 Å². The number of nitrogens with one attached hydrogen (secondary N) is 1. The SMILES string of the molecule is CCC(C(=N)N)N(C)C1CCCCC1C. The summed E-state index contributed by atoms with van der Waals surface area (Å²) in [5.74, 6) is 1.06. The summed E-state index contributed by atoms with van der Waals surface area (Å²) in [7, 11) is 2.13. The largest absolute Gasteiger partial charge is 0.386 e. The molecule has 1 aliphatic carbocycles. The molecule has 0 bridgehead atoms. The summed E-state index contributed by atoms with van der Waals surface area (Å²) in [6.45, 7) is 4.43. The third-order valence-electron chi connectivity index (χ3n) is 3.83. The van der Waals surface area contributed by atoms with Crippen LogP contribution in [0, 0.1) is 11.3 Å². The van der Waals surface area contributed by atoms with Crippen LogP contribution in [0.2, 0.25) is 0 Å². The molecule has 3 nitrogen and oxygen atoms in total. The minimum absolute atomic E-state index is 0.135. The highest BCUT2D eigenvalue weighted by Crippen LogP contribution is 2.28. The van der Waals surface area contributed by atoms with Crippen LogP contribution < -0.4 is 5.73 Å². The Balaban J connectivity index is 2.63. The van der Waals surface area contributed by atoms with Crippen molar-refractivity contribution in [2.75, 3.05) is 7.05 Å². The molecule has 0 saturated heterocycles. The molecule has 0 aromatic heterocycles. The molecule has 0 amide bonds. The van der Waals surface area contributed by atoms with E-state index in [4.69, 9.17) is 11.1 Å². The van der Waals surface area contributed by atoms with Gasteiger partial charge in [-0.3, -0.25) is 10.3 Å². The molecule has 3 unspecified atom stereocenters. The van der Waals surface area contributed by atoms with Crippen LogP contribution in [0.25, 0.3) is 0 Å². The van der Waals surface area contributed by atoms with Gasteiger partial charge in [0.2, 0.25) is 0 Å². The van der Waals surface area contributed by atoms with Gasteiger partial charge in [-0.2, -0.15) is 0 Å². The third-order valence-corrected chi connectivity index (χ3v) is 3.83. The summed E-state index contributed by atoms with van der Waals surface area (Å²) in [4.78, 5) is 2.33. The fraction of sp³-hybridized carbons (Fsp3) is 0.917. The fourth-order valence-electron chi connectivity index (χ4n) is 2.86. The van der Waals surface area contributed by atoms with Crippen molar-refractivity contribution in [2.45, 2.75) is 58.0 Å². The van der Waals surface area contributed by atoms with Crippen molar-refractivity contribution in [3.63, 3.8) is 0 Å². The van der Waals surface area contributed by atoms with Crippen LogP contribution in [0.5, 0.6) is 0 Å². The van der Waals surface area contributed by atoms with Gasteiger partial charge in [0, 0.05) is 6.04 Å². The summed E-state index contributed by atoms with van der Waals surface area (Å²) in [6.07, 6.45) is 6.22.